The molecule has 0 aliphatic heterocycles. The summed E-state index contributed by atoms with van der Waals surface area (Å²) in [4.78, 5) is 0. The molecule has 1 atom stereocenters. The van der Waals surface area contributed by atoms with Crippen LogP contribution in [0.3, 0.4) is 0 Å². The first kappa shape index (κ1) is 10.7. The van der Waals surface area contributed by atoms with Crippen LogP contribution in [-0.4, -0.2) is 6.54 Å². The lowest BCUT2D eigenvalue weighted by Gasteiger charge is -2.20. The second kappa shape index (κ2) is 4.36. The zero-order chi connectivity index (χ0) is 10.8. The predicted molar refractivity (Wildman–Crippen MR) is 65.1 cm³/mol. The molecule has 1 unspecified atom stereocenters. The Hall–Kier alpha value is -0.820. The molecular formula is C14H21N. The Morgan fingerprint density at radius 3 is 2.60 bits per heavy atom. The van der Waals surface area contributed by atoms with Crippen molar-refractivity contribution < 1.29 is 0 Å². The van der Waals surface area contributed by atoms with Crippen molar-refractivity contribution in [1.82, 2.24) is 5.32 Å². The summed E-state index contributed by atoms with van der Waals surface area (Å²) < 4.78 is 0. The maximum absolute atomic E-state index is 3.62. The molecule has 1 saturated carbocycles. The van der Waals surface area contributed by atoms with E-state index in [1.165, 1.54) is 29.5 Å². The standard InChI is InChI=1S/C14H21N/c1-4-15-14(12-6-7-12)13-8-5-10(2)9-11(13)3/h5,8-9,12,14-15H,4,6-7H2,1-3H3. The van der Waals surface area contributed by atoms with Crippen LogP contribution in [0.15, 0.2) is 18.2 Å². The predicted octanol–water partition coefficient (Wildman–Crippen LogP) is 3.36. The van der Waals surface area contributed by atoms with Crippen molar-refractivity contribution in [1.29, 1.82) is 0 Å². The number of hydrogen-bond acceptors (Lipinski definition) is 1. The van der Waals surface area contributed by atoms with Crippen LogP contribution in [0.5, 0.6) is 0 Å². The van der Waals surface area contributed by atoms with Gasteiger partial charge in [0.05, 0.1) is 0 Å². The third-order valence-corrected chi connectivity index (χ3v) is 3.28. The monoisotopic (exact) mass is 203 g/mol. The molecule has 1 aliphatic rings. The molecule has 1 heteroatoms. The molecule has 0 spiro atoms. The molecular weight excluding hydrogens is 182 g/mol. The van der Waals surface area contributed by atoms with Crippen LogP contribution in [0.25, 0.3) is 0 Å². The molecule has 0 heterocycles. The highest BCUT2D eigenvalue weighted by atomic mass is 14.9. The summed E-state index contributed by atoms with van der Waals surface area (Å²) in [6, 6.07) is 7.42. The van der Waals surface area contributed by atoms with E-state index in [0.717, 1.165) is 12.5 Å². The molecule has 1 N–H and O–H groups in total. The Morgan fingerprint density at radius 2 is 2.07 bits per heavy atom. The van der Waals surface area contributed by atoms with Gasteiger partial charge in [0.2, 0.25) is 0 Å². The van der Waals surface area contributed by atoms with Gasteiger partial charge in [-0.2, -0.15) is 0 Å². The molecule has 1 aromatic carbocycles. The topological polar surface area (TPSA) is 12.0 Å². The quantitative estimate of drug-likeness (QED) is 0.791. The van der Waals surface area contributed by atoms with Gasteiger partial charge in [0.1, 0.15) is 0 Å². The van der Waals surface area contributed by atoms with Crippen LogP contribution in [-0.2, 0) is 0 Å². The van der Waals surface area contributed by atoms with E-state index in [2.05, 4.69) is 44.3 Å². The Labute approximate surface area is 92.9 Å². The fourth-order valence-electron chi connectivity index (χ4n) is 2.35. The van der Waals surface area contributed by atoms with Gasteiger partial charge >= 0.3 is 0 Å². The van der Waals surface area contributed by atoms with Crippen molar-refractivity contribution in [2.45, 2.75) is 39.7 Å². The van der Waals surface area contributed by atoms with E-state index < -0.39 is 0 Å². The highest BCUT2D eigenvalue weighted by molar-refractivity contribution is 5.33. The number of hydrogen-bond donors (Lipinski definition) is 1. The van der Waals surface area contributed by atoms with Gasteiger partial charge in [0, 0.05) is 6.04 Å². The molecule has 2 rings (SSSR count). The normalized spacial score (nSPS) is 17.8. The molecule has 0 aromatic heterocycles. The number of aryl methyl sites for hydroxylation is 2. The Morgan fingerprint density at radius 1 is 1.33 bits per heavy atom. The molecule has 1 nitrogen and oxygen atoms in total. The van der Waals surface area contributed by atoms with Crippen LogP contribution < -0.4 is 5.32 Å². The minimum atomic E-state index is 0.593. The first-order chi connectivity index (χ1) is 7.22. The lowest BCUT2D eigenvalue weighted by atomic mass is 9.96. The number of rotatable bonds is 4. The highest BCUT2D eigenvalue weighted by Crippen LogP contribution is 2.41. The van der Waals surface area contributed by atoms with Gasteiger partial charge in [0.15, 0.2) is 0 Å². The second-order valence-corrected chi connectivity index (χ2v) is 4.73. The molecule has 0 bridgehead atoms. The SMILES string of the molecule is CCNC(c1ccc(C)cc1C)C1CC1. The van der Waals surface area contributed by atoms with Crippen LogP contribution in [0, 0.1) is 19.8 Å². The largest absolute Gasteiger partial charge is 0.310 e. The van der Waals surface area contributed by atoms with Gasteiger partial charge in [-0.3, -0.25) is 0 Å². The summed E-state index contributed by atoms with van der Waals surface area (Å²) in [5, 5.41) is 3.62. The zero-order valence-electron chi connectivity index (χ0n) is 10.0. The fraction of sp³-hybridized carbons (Fsp3) is 0.571. The molecule has 0 saturated heterocycles. The first-order valence-corrected chi connectivity index (χ1v) is 6.03. The van der Waals surface area contributed by atoms with E-state index >= 15 is 0 Å². The van der Waals surface area contributed by atoms with Gasteiger partial charge < -0.3 is 5.32 Å². The third kappa shape index (κ3) is 2.40. The van der Waals surface area contributed by atoms with Crippen LogP contribution >= 0.6 is 0 Å². The van der Waals surface area contributed by atoms with Gasteiger partial charge in [-0.25, -0.2) is 0 Å². The van der Waals surface area contributed by atoms with E-state index in [4.69, 9.17) is 0 Å². The third-order valence-electron chi connectivity index (χ3n) is 3.28. The van der Waals surface area contributed by atoms with Gasteiger partial charge in [-0.15, -0.1) is 0 Å². The van der Waals surface area contributed by atoms with Gasteiger partial charge in [0.25, 0.3) is 0 Å². The van der Waals surface area contributed by atoms with Crippen molar-refractivity contribution in [3.63, 3.8) is 0 Å². The lowest BCUT2D eigenvalue weighted by Crippen LogP contribution is -2.23. The summed E-state index contributed by atoms with van der Waals surface area (Å²) >= 11 is 0. The number of nitrogens with one attached hydrogen (secondary N) is 1. The molecule has 15 heavy (non-hydrogen) atoms. The van der Waals surface area contributed by atoms with Gasteiger partial charge in [-0.05, 0) is 50.3 Å². The molecule has 1 fully saturated rings. The minimum Gasteiger partial charge on any atom is -0.310 e. The summed E-state index contributed by atoms with van der Waals surface area (Å²) in [6.07, 6.45) is 2.79. The summed E-state index contributed by atoms with van der Waals surface area (Å²) in [7, 11) is 0. The summed E-state index contributed by atoms with van der Waals surface area (Å²) in [6.45, 7) is 7.65. The Balaban J connectivity index is 2.24. The van der Waals surface area contributed by atoms with E-state index in [0.29, 0.717) is 6.04 Å². The van der Waals surface area contributed by atoms with E-state index in [1.807, 2.05) is 0 Å². The van der Waals surface area contributed by atoms with Crippen molar-refractivity contribution in [3.05, 3.63) is 34.9 Å². The van der Waals surface area contributed by atoms with Crippen LogP contribution in [0.1, 0.15) is 42.5 Å². The van der Waals surface area contributed by atoms with Crippen molar-refractivity contribution >= 4 is 0 Å². The van der Waals surface area contributed by atoms with Crippen LogP contribution in [0.2, 0.25) is 0 Å². The van der Waals surface area contributed by atoms with Crippen molar-refractivity contribution in [2.75, 3.05) is 6.54 Å². The zero-order valence-corrected chi connectivity index (χ0v) is 10.0. The van der Waals surface area contributed by atoms with E-state index in [-0.39, 0.29) is 0 Å². The van der Waals surface area contributed by atoms with Gasteiger partial charge in [-0.1, -0.05) is 30.7 Å². The summed E-state index contributed by atoms with van der Waals surface area (Å²) in [5.74, 6) is 0.881. The first-order valence-electron chi connectivity index (χ1n) is 6.03. The molecule has 1 aliphatic carbocycles. The van der Waals surface area contributed by atoms with Crippen molar-refractivity contribution in [2.24, 2.45) is 5.92 Å². The van der Waals surface area contributed by atoms with E-state index in [1.54, 1.807) is 0 Å². The fourth-order valence-corrected chi connectivity index (χ4v) is 2.35. The molecule has 0 radical (unpaired) electrons. The lowest BCUT2D eigenvalue weighted by molar-refractivity contribution is 0.494. The maximum atomic E-state index is 3.62. The van der Waals surface area contributed by atoms with Crippen LogP contribution in [0.4, 0.5) is 0 Å². The Kier molecular flexibility index (Phi) is 3.11. The van der Waals surface area contributed by atoms with Crippen molar-refractivity contribution in [3.8, 4) is 0 Å². The smallest absolute Gasteiger partial charge is 0.0351 e. The average molecular weight is 203 g/mol. The maximum Gasteiger partial charge on any atom is 0.0351 e. The molecule has 0 amide bonds. The second-order valence-electron chi connectivity index (χ2n) is 4.73. The molecule has 1 aromatic rings. The Bertz CT molecular complexity index is 339. The number of benzene rings is 1. The summed E-state index contributed by atoms with van der Waals surface area (Å²) in [5.41, 5.74) is 4.31. The average Bonchev–Trinajstić information content (AvgIpc) is 2.98. The minimum absolute atomic E-state index is 0.593. The van der Waals surface area contributed by atoms with E-state index in [9.17, 15) is 0 Å². The highest BCUT2D eigenvalue weighted by Gasteiger charge is 2.32. The molecule has 82 valence electrons.